The lowest BCUT2D eigenvalue weighted by molar-refractivity contribution is -0.121. The van der Waals surface area contributed by atoms with E-state index in [2.05, 4.69) is 27.3 Å². The highest BCUT2D eigenvalue weighted by atomic mass is 79.9. The number of hydrogen-bond donors (Lipinski definition) is 1. The predicted octanol–water partition coefficient (Wildman–Crippen LogP) is 3.90. The number of amides is 1. The standard InChI is InChI=1S/C15H16BrNO2S/c1-11-6-8-20-14(11)10-17-15(18)5-7-19-13-4-2-3-12(16)9-13/h2-4,6,8-9H,5,7,10H2,1H3,(H,17,18). The summed E-state index contributed by atoms with van der Waals surface area (Å²) in [5.74, 6) is 0.772. The van der Waals surface area contributed by atoms with Crippen molar-refractivity contribution in [1.82, 2.24) is 5.32 Å². The normalized spacial score (nSPS) is 10.3. The van der Waals surface area contributed by atoms with Gasteiger partial charge in [-0.15, -0.1) is 11.3 Å². The number of carbonyl (C=O) groups excluding carboxylic acids is 1. The molecule has 3 nitrogen and oxygen atoms in total. The number of nitrogens with one attached hydrogen (secondary N) is 1. The van der Waals surface area contributed by atoms with Crippen molar-refractivity contribution >= 4 is 33.2 Å². The second-order valence-electron chi connectivity index (χ2n) is 4.36. The first kappa shape index (κ1) is 15.1. The monoisotopic (exact) mass is 353 g/mol. The fraction of sp³-hybridized carbons (Fsp3) is 0.267. The minimum Gasteiger partial charge on any atom is -0.493 e. The first-order chi connectivity index (χ1) is 9.65. The van der Waals surface area contributed by atoms with Gasteiger partial charge in [0.25, 0.3) is 0 Å². The van der Waals surface area contributed by atoms with Crippen LogP contribution in [0.4, 0.5) is 0 Å². The van der Waals surface area contributed by atoms with Crippen LogP contribution >= 0.6 is 27.3 Å². The number of thiophene rings is 1. The van der Waals surface area contributed by atoms with E-state index in [1.54, 1.807) is 11.3 Å². The van der Waals surface area contributed by atoms with Gasteiger partial charge in [-0.1, -0.05) is 22.0 Å². The molecule has 0 fully saturated rings. The van der Waals surface area contributed by atoms with E-state index in [-0.39, 0.29) is 5.91 Å². The van der Waals surface area contributed by atoms with Gasteiger partial charge in [0.1, 0.15) is 5.75 Å². The SMILES string of the molecule is Cc1ccsc1CNC(=O)CCOc1cccc(Br)c1. The Hall–Kier alpha value is -1.33. The fourth-order valence-corrected chi connectivity index (χ4v) is 2.89. The van der Waals surface area contributed by atoms with E-state index in [0.29, 0.717) is 19.6 Å². The molecule has 2 aromatic rings. The molecule has 0 unspecified atom stereocenters. The van der Waals surface area contributed by atoms with E-state index in [9.17, 15) is 4.79 Å². The third-order valence-corrected chi connectivity index (χ3v) is 4.32. The van der Waals surface area contributed by atoms with Crippen LogP contribution in [0.2, 0.25) is 0 Å². The van der Waals surface area contributed by atoms with Crippen molar-refractivity contribution in [2.45, 2.75) is 19.9 Å². The van der Waals surface area contributed by atoms with Crippen LogP contribution in [-0.2, 0) is 11.3 Å². The Morgan fingerprint density at radius 1 is 1.40 bits per heavy atom. The molecule has 1 N–H and O–H groups in total. The van der Waals surface area contributed by atoms with E-state index in [4.69, 9.17) is 4.74 Å². The fourth-order valence-electron chi connectivity index (χ4n) is 1.67. The largest absolute Gasteiger partial charge is 0.493 e. The van der Waals surface area contributed by atoms with Gasteiger partial charge in [0.2, 0.25) is 5.91 Å². The molecule has 1 aromatic carbocycles. The molecule has 2 rings (SSSR count). The van der Waals surface area contributed by atoms with E-state index in [1.807, 2.05) is 36.6 Å². The number of carbonyl (C=O) groups is 1. The molecule has 0 spiro atoms. The van der Waals surface area contributed by atoms with Crippen molar-refractivity contribution in [3.05, 3.63) is 50.6 Å². The van der Waals surface area contributed by atoms with Gasteiger partial charge in [0.15, 0.2) is 0 Å². The molecule has 0 bridgehead atoms. The maximum atomic E-state index is 11.7. The second-order valence-corrected chi connectivity index (χ2v) is 6.28. The number of ether oxygens (including phenoxy) is 1. The molecule has 1 amide bonds. The molecule has 5 heteroatoms. The van der Waals surface area contributed by atoms with Gasteiger partial charge in [0, 0.05) is 9.35 Å². The summed E-state index contributed by atoms with van der Waals surface area (Å²) in [6.07, 6.45) is 0.358. The highest BCUT2D eigenvalue weighted by Gasteiger charge is 2.04. The lowest BCUT2D eigenvalue weighted by Gasteiger charge is -2.07. The maximum Gasteiger partial charge on any atom is 0.223 e. The highest BCUT2D eigenvalue weighted by Crippen LogP contribution is 2.18. The zero-order valence-corrected chi connectivity index (χ0v) is 13.6. The van der Waals surface area contributed by atoms with Gasteiger partial charge < -0.3 is 10.1 Å². The predicted molar refractivity (Wildman–Crippen MR) is 85.2 cm³/mol. The average Bonchev–Trinajstić information content (AvgIpc) is 2.82. The molecule has 0 saturated carbocycles. The summed E-state index contributed by atoms with van der Waals surface area (Å²) >= 11 is 5.04. The van der Waals surface area contributed by atoms with Crippen LogP contribution in [0, 0.1) is 6.92 Å². The van der Waals surface area contributed by atoms with Crippen LogP contribution in [0.1, 0.15) is 16.9 Å². The zero-order chi connectivity index (χ0) is 14.4. The van der Waals surface area contributed by atoms with E-state index < -0.39 is 0 Å². The molecule has 106 valence electrons. The van der Waals surface area contributed by atoms with E-state index in [0.717, 1.165) is 10.2 Å². The summed E-state index contributed by atoms with van der Waals surface area (Å²) in [6.45, 7) is 3.03. The summed E-state index contributed by atoms with van der Waals surface area (Å²) in [5.41, 5.74) is 1.22. The zero-order valence-electron chi connectivity index (χ0n) is 11.2. The number of benzene rings is 1. The summed E-state index contributed by atoms with van der Waals surface area (Å²) in [7, 11) is 0. The summed E-state index contributed by atoms with van der Waals surface area (Å²) < 4.78 is 6.50. The third kappa shape index (κ3) is 4.65. The number of halogens is 1. The Morgan fingerprint density at radius 2 is 2.25 bits per heavy atom. The lowest BCUT2D eigenvalue weighted by Crippen LogP contribution is -2.24. The van der Waals surface area contributed by atoms with Crippen LogP contribution in [0.5, 0.6) is 5.75 Å². The van der Waals surface area contributed by atoms with Crippen molar-refractivity contribution in [1.29, 1.82) is 0 Å². The number of aryl methyl sites for hydroxylation is 1. The first-order valence-corrected chi connectivity index (χ1v) is 8.00. The van der Waals surface area contributed by atoms with Gasteiger partial charge in [0.05, 0.1) is 19.6 Å². The van der Waals surface area contributed by atoms with Gasteiger partial charge >= 0.3 is 0 Å². The van der Waals surface area contributed by atoms with Crippen LogP contribution in [0.15, 0.2) is 40.2 Å². The average molecular weight is 354 g/mol. The molecule has 0 aliphatic heterocycles. The number of rotatable bonds is 6. The Morgan fingerprint density at radius 3 is 2.95 bits per heavy atom. The summed E-state index contributed by atoms with van der Waals surface area (Å²) in [5, 5.41) is 4.94. The molecule has 0 radical (unpaired) electrons. The maximum absolute atomic E-state index is 11.7. The van der Waals surface area contributed by atoms with Crippen LogP contribution < -0.4 is 10.1 Å². The molecule has 20 heavy (non-hydrogen) atoms. The topological polar surface area (TPSA) is 38.3 Å². The van der Waals surface area contributed by atoms with Gasteiger partial charge in [-0.2, -0.15) is 0 Å². The van der Waals surface area contributed by atoms with Crippen LogP contribution in [0.3, 0.4) is 0 Å². The summed E-state index contributed by atoms with van der Waals surface area (Å²) in [6, 6.07) is 9.65. The molecule has 0 atom stereocenters. The van der Waals surface area contributed by atoms with Crippen LogP contribution in [-0.4, -0.2) is 12.5 Å². The van der Waals surface area contributed by atoms with E-state index in [1.165, 1.54) is 10.4 Å². The molecule has 1 heterocycles. The van der Waals surface area contributed by atoms with Crippen molar-refractivity contribution < 1.29 is 9.53 Å². The Kier molecular flexibility index (Phi) is 5.61. The minimum atomic E-state index is 0.00722. The second kappa shape index (κ2) is 7.45. The van der Waals surface area contributed by atoms with Crippen molar-refractivity contribution in [3.8, 4) is 5.75 Å². The summed E-state index contributed by atoms with van der Waals surface area (Å²) in [4.78, 5) is 12.9. The van der Waals surface area contributed by atoms with Gasteiger partial charge in [-0.25, -0.2) is 0 Å². The minimum absolute atomic E-state index is 0.00722. The third-order valence-electron chi connectivity index (χ3n) is 2.81. The lowest BCUT2D eigenvalue weighted by atomic mass is 10.3. The Bertz CT molecular complexity index is 583. The van der Waals surface area contributed by atoms with Gasteiger partial charge in [-0.05, 0) is 42.1 Å². The van der Waals surface area contributed by atoms with Crippen LogP contribution in [0.25, 0.3) is 0 Å². The van der Waals surface area contributed by atoms with Gasteiger partial charge in [-0.3, -0.25) is 4.79 Å². The molecular formula is C15H16BrNO2S. The quantitative estimate of drug-likeness (QED) is 0.854. The van der Waals surface area contributed by atoms with E-state index >= 15 is 0 Å². The molecular weight excluding hydrogens is 338 g/mol. The smallest absolute Gasteiger partial charge is 0.223 e. The molecule has 0 aliphatic carbocycles. The number of hydrogen-bond acceptors (Lipinski definition) is 3. The van der Waals surface area contributed by atoms with Crippen molar-refractivity contribution in [2.75, 3.05) is 6.61 Å². The highest BCUT2D eigenvalue weighted by molar-refractivity contribution is 9.10. The first-order valence-electron chi connectivity index (χ1n) is 6.33. The molecule has 1 aromatic heterocycles. The Labute approximate surface area is 131 Å². The van der Waals surface area contributed by atoms with Crippen molar-refractivity contribution in [2.24, 2.45) is 0 Å². The Balaban J connectivity index is 1.69. The molecule has 0 aliphatic rings. The molecule has 0 saturated heterocycles. The van der Waals surface area contributed by atoms with Crippen molar-refractivity contribution in [3.63, 3.8) is 0 Å².